The van der Waals surface area contributed by atoms with Crippen molar-refractivity contribution in [2.45, 2.75) is 37.1 Å². The van der Waals surface area contributed by atoms with Gasteiger partial charge in [0.2, 0.25) is 5.95 Å². The summed E-state index contributed by atoms with van der Waals surface area (Å²) in [4.78, 5) is 20.9. The second-order valence-corrected chi connectivity index (χ2v) is 9.49. The fraction of sp³-hybridized carbons (Fsp3) is 0.500. The lowest BCUT2D eigenvalue weighted by atomic mass is 10.1. The number of ether oxygens (including phenoxy) is 1. The molecule has 4 heterocycles. The predicted octanol–water partition coefficient (Wildman–Crippen LogP) is 1.42. The molecule has 0 bridgehead atoms. The molecule has 0 aliphatic carbocycles. The average molecular weight is 431 g/mol. The van der Waals surface area contributed by atoms with Gasteiger partial charge in [-0.2, -0.15) is 4.98 Å². The number of aryl methyl sites for hydroxylation is 1. The van der Waals surface area contributed by atoms with E-state index in [-0.39, 0.29) is 6.61 Å². The summed E-state index contributed by atoms with van der Waals surface area (Å²) < 4.78 is 17.6. The van der Waals surface area contributed by atoms with Crippen LogP contribution in [0.25, 0.3) is 5.57 Å². The normalized spacial score (nSPS) is 18.7. The van der Waals surface area contributed by atoms with Crippen LogP contribution in [0.4, 0.5) is 11.8 Å². The Morgan fingerprint density at radius 1 is 1.27 bits per heavy atom. The third kappa shape index (κ3) is 4.15. The predicted molar refractivity (Wildman–Crippen MR) is 115 cm³/mol. The van der Waals surface area contributed by atoms with Crippen molar-refractivity contribution in [3.8, 4) is 5.75 Å². The standard InChI is InChI=1S/C20H26N6O3S/c1-20(2,12-27)25-18-16-15(6-9-30(16)28)23-19(24-18)26-7-4-13(5-8-26)17-21-10-14(29-3)11-22-17/h4,10-11,27H,5-9,12H2,1-3H3,(H,23,24,25)/t30-/m1/s1. The van der Waals surface area contributed by atoms with E-state index < -0.39 is 16.3 Å². The molecular formula is C20H26N6O3S. The molecule has 0 spiro atoms. The lowest BCUT2D eigenvalue weighted by Crippen LogP contribution is -2.36. The smallest absolute Gasteiger partial charge is 0.227 e. The van der Waals surface area contributed by atoms with E-state index in [0.29, 0.717) is 47.0 Å². The van der Waals surface area contributed by atoms with Crippen LogP contribution in [0.2, 0.25) is 0 Å². The Kier molecular flexibility index (Phi) is 5.70. The molecule has 0 unspecified atom stereocenters. The second kappa shape index (κ2) is 8.27. The Balaban J connectivity index is 1.59. The average Bonchev–Trinajstić information content (AvgIpc) is 3.15. The van der Waals surface area contributed by atoms with E-state index >= 15 is 0 Å². The van der Waals surface area contributed by atoms with Crippen LogP contribution in [0.5, 0.6) is 5.75 Å². The summed E-state index contributed by atoms with van der Waals surface area (Å²) in [7, 11) is 0.471. The molecule has 0 saturated carbocycles. The minimum atomic E-state index is -1.12. The first-order valence-corrected chi connectivity index (χ1v) is 11.2. The zero-order chi connectivity index (χ0) is 21.3. The first kappa shape index (κ1) is 20.7. The van der Waals surface area contributed by atoms with Crippen molar-refractivity contribution in [2.24, 2.45) is 0 Å². The third-order valence-corrected chi connectivity index (χ3v) is 6.63. The van der Waals surface area contributed by atoms with Crippen LogP contribution in [0.15, 0.2) is 23.4 Å². The molecule has 0 radical (unpaired) electrons. The maximum Gasteiger partial charge on any atom is 0.227 e. The zero-order valence-electron chi connectivity index (χ0n) is 17.4. The lowest BCUT2D eigenvalue weighted by Gasteiger charge is -2.29. The highest BCUT2D eigenvalue weighted by atomic mass is 32.2. The highest BCUT2D eigenvalue weighted by Crippen LogP contribution is 2.32. The summed E-state index contributed by atoms with van der Waals surface area (Å²) in [5, 5.41) is 12.9. The van der Waals surface area contributed by atoms with Gasteiger partial charge in [0.15, 0.2) is 11.6 Å². The minimum Gasteiger partial charge on any atom is -0.494 e. The highest BCUT2D eigenvalue weighted by molar-refractivity contribution is 7.85. The van der Waals surface area contributed by atoms with Gasteiger partial charge in [-0.3, -0.25) is 4.21 Å². The number of rotatable bonds is 6. The number of aromatic nitrogens is 4. The van der Waals surface area contributed by atoms with Crippen LogP contribution < -0.4 is 15.0 Å². The SMILES string of the molecule is COc1cnc(C2=CCN(c3nc4c(c(NC(C)(C)CO)n3)[S@](=O)CC4)CC2)nc1. The lowest BCUT2D eigenvalue weighted by molar-refractivity contribution is 0.233. The second-order valence-electron chi connectivity index (χ2n) is 7.99. The molecule has 9 nitrogen and oxygen atoms in total. The van der Waals surface area contributed by atoms with Crippen LogP contribution in [-0.4, -0.2) is 67.3 Å². The van der Waals surface area contributed by atoms with Crippen molar-refractivity contribution in [3.63, 3.8) is 0 Å². The van der Waals surface area contributed by atoms with Crippen LogP contribution in [0.3, 0.4) is 0 Å². The first-order valence-electron chi connectivity index (χ1n) is 9.89. The van der Waals surface area contributed by atoms with Crippen molar-refractivity contribution in [3.05, 3.63) is 30.0 Å². The largest absolute Gasteiger partial charge is 0.494 e. The maximum atomic E-state index is 12.5. The van der Waals surface area contributed by atoms with Crippen LogP contribution >= 0.6 is 0 Å². The molecule has 10 heteroatoms. The van der Waals surface area contributed by atoms with Crippen LogP contribution in [-0.2, 0) is 17.2 Å². The molecule has 4 rings (SSSR count). The molecule has 160 valence electrons. The minimum absolute atomic E-state index is 0.0641. The van der Waals surface area contributed by atoms with Gasteiger partial charge in [0.1, 0.15) is 10.7 Å². The van der Waals surface area contributed by atoms with E-state index in [2.05, 4.69) is 26.3 Å². The van der Waals surface area contributed by atoms with Gasteiger partial charge in [-0.05, 0) is 25.8 Å². The number of aliphatic hydroxyl groups is 1. The molecule has 2 aromatic rings. The van der Waals surface area contributed by atoms with Gasteiger partial charge < -0.3 is 20.1 Å². The molecule has 0 aromatic carbocycles. The number of aliphatic hydroxyl groups excluding tert-OH is 1. The number of fused-ring (bicyclic) bond motifs is 1. The van der Waals surface area contributed by atoms with Crippen molar-refractivity contribution in [1.82, 2.24) is 19.9 Å². The van der Waals surface area contributed by atoms with Gasteiger partial charge in [0.25, 0.3) is 0 Å². The van der Waals surface area contributed by atoms with Gasteiger partial charge in [-0.1, -0.05) is 6.08 Å². The third-order valence-electron chi connectivity index (χ3n) is 5.17. The molecule has 30 heavy (non-hydrogen) atoms. The van der Waals surface area contributed by atoms with Crippen molar-refractivity contribution in [2.75, 3.05) is 42.8 Å². The number of hydrogen-bond donors (Lipinski definition) is 2. The molecule has 2 aromatic heterocycles. The molecule has 0 saturated heterocycles. The van der Waals surface area contributed by atoms with Crippen molar-refractivity contribution in [1.29, 1.82) is 0 Å². The van der Waals surface area contributed by atoms with Gasteiger partial charge in [-0.15, -0.1) is 0 Å². The van der Waals surface area contributed by atoms with E-state index in [9.17, 15) is 9.32 Å². The molecular weight excluding hydrogens is 404 g/mol. The summed E-state index contributed by atoms with van der Waals surface area (Å²) in [5.41, 5.74) is 1.33. The fourth-order valence-electron chi connectivity index (χ4n) is 3.41. The van der Waals surface area contributed by atoms with Gasteiger partial charge in [0, 0.05) is 25.3 Å². The summed E-state index contributed by atoms with van der Waals surface area (Å²) in [6.45, 7) is 5.06. The quantitative estimate of drug-likeness (QED) is 0.702. The number of hydrogen-bond acceptors (Lipinski definition) is 9. The Bertz CT molecular complexity index is 993. The number of methoxy groups -OCH3 is 1. The van der Waals surface area contributed by atoms with Crippen molar-refractivity contribution >= 4 is 28.1 Å². The molecule has 2 aliphatic heterocycles. The van der Waals surface area contributed by atoms with Crippen LogP contribution in [0, 0.1) is 0 Å². The Hall–Kier alpha value is -2.59. The zero-order valence-corrected chi connectivity index (χ0v) is 18.2. The summed E-state index contributed by atoms with van der Waals surface area (Å²) >= 11 is 0. The highest BCUT2D eigenvalue weighted by Gasteiger charge is 2.30. The number of anilines is 2. The molecule has 2 N–H and O–H groups in total. The van der Waals surface area contributed by atoms with E-state index in [1.165, 1.54) is 0 Å². The monoisotopic (exact) mass is 430 g/mol. The Labute approximate surface area is 178 Å². The molecule has 0 fully saturated rings. The summed E-state index contributed by atoms with van der Waals surface area (Å²) in [6.07, 6.45) is 6.86. The molecule has 1 atom stereocenters. The van der Waals surface area contributed by atoms with Gasteiger partial charge >= 0.3 is 0 Å². The summed E-state index contributed by atoms with van der Waals surface area (Å²) in [5.74, 6) is 3.05. The Morgan fingerprint density at radius 3 is 2.67 bits per heavy atom. The maximum absolute atomic E-state index is 12.5. The number of nitrogens with one attached hydrogen (secondary N) is 1. The summed E-state index contributed by atoms with van der Waals surface area (Å²) in [6, 6.07) is 0. The molecule has 2 aliphatic rings. The van der Waals surface area contributed by atoms with E-state index in [1.807, 2.05) is 13.8 Å². The van der Waals surface area contributed by atoms with Crippen LogP contribution in [0.1, 0.15) is 31.8 Å². The van der Waals surface area contributed by atoms with E-state index in [0.717, 1.165) is 24.2 Å². The van der Waals surface area contributed by atoms with E-state index in [1.54, 1.807) is 19.5 Å². The van der Waals surface area contributed by atoms with Gasteiger partial charge in [0.05, 0.1) is 48.1 Å². The van der Waals surface area contributed by atoms with Crippen molar-refractivity contribution < 1.29 is 14.1 Å². The first-order chi connectivity index (χ1) is 14.4. The Morgan fingerprint density at radius 2 is 2.03 bits per heavy atom. The molecule has 0 amide bonds. The number of nitrogens with zero attached hydrogens (tertiary/aromatic N) is 5. The fourth-order valence-corrected chi connectivity index (χ4v) is 4.72. The topological polar surface area (TPSA) is 113 Å². The van der Waals surface area contributed by atoms with E-state index in [4.69, 9.17) is 14.7 Å². The van der Waals surface area contributed by atoms with Gasteiger partial charge in [-0.25, -0.2) is 15.0 Å².